The van der Waals surface area contributed by atoms with E-state index in [0.717, 1.165) is 30.8 Å². The maximum atomic E-state index is 11.6. The van der Waals surface area contributed by atoms with Gasteiger partial charge in [0.1, 0.15) is 12.1 Å². The van der Waals surface area contributed by atoms with Crippen LogP contribution in [-0.4, -0.2) is 36.7 Å². The Morgan fingerprint density at radius 3 is 3.05 bits per heavy atom. The molecule has 0 aromatic carbocycles. The number of aromatic nitrogens is 4. The van der Waals surface area contributed by atoms with E-state index in [2.05, 4.69) is 20.4 Å². The fourth-order valence-electron chi connectivity index (χ4n) is 4.06. The predicted molar refractivity (Wildman–Crippen MR) is 74.9 cm³/mol. The lowest BCUT2D eigenvalue weighted by Crippen LogP contribution is -2.39. The molecule has 2 N–H and O–H groups in total. The zero-order valence-corrected chi connectivity index (χ0v) is 11.7. The second-order valence-corrected chi connectivity index (χ2v) is 6.12. The molecule has 110 valence electrons. The highest BCUT2D eigenvalue weighted by Crippen LogP contribution is 2.49. The van der Waals surface area contributed by atoms with Crippen LogP contribution in [0.5, 0.6) is 0 Å². The molecule has 4 atom stereocenters. The van der Waals surface area contributed by atoms with Crippen LogP contribution in [0.25, 0.3) is 5.78 Å². The molecule has 4 unspecified atom stereocenters. The van der Waals surface area contributed by atoms with Crippen molar-refractivity contribution in [3.05, 3.63) is 18.1 Å². The van der Waals surface area contributed by atoms with Crippen LogP contribution in [-0.2, 0) is 4.79 Å². The van der Waals surface area contributed by atoms with Crippen LogP contribution >= 0.6 is 0 Å². The van der Waals surface area contributed by atoms with Crippen molar-refractivity contribution in [3.63, 3.8) is 0 Å². The molecule has 2 aliphatic rings. The number of anilines is 1. The van der Waals surface area contributed by atoms with E-state index < -0.39 is 5.97 Å². The minimum absolute atomic E-state index is 0.0320. The molecule has 0 aliphatic heterocycles. The SMILES string of the molecule is Cc1cc(NC2C3CCC(C3)C2C(=O)O)n2ncnc2n1. The molecular weight excluding hydrogens is 270 g/mol. The number of aliphatic carboxylic acids is 1. The molecule has 4 rings (SSSR count). The topological polar surface area (TPSA) is 92.4 Å². The number of hydrogen-bond donors (Lipinski definition) is 2. The third kappa shape index (κ3) is 1.87. The van der Waals surface area contributed by atoms with Crippen LogP contribution in [0.3, 0.4) is 0 Å². The Labute approximate surface area is 121 Å². The third-order valence-electron chi connectivity index (χ3n) is 4.90. The monoisotopic (exact) mass is 287 g/mol. The molecule has 2 saturated carbocycles. The number of rotatable bonds is 3. The van der Waals surface area contributed by atoms with Crippen LogP contribution in [0.4, 0.5) is 5.82 Å². The first-order valence-corrected chi connectivity index (χ1v) is 7.30. The molecule has 7 heteroatoms. The number of carboxylic acids is 1. The number of carboxylic acid groups (broad SMARTS) is 1. The summed E-state index contributed by atoms with van der Waals surface area (Å²) in [6.07, 6.45) is 4.62. The van der Waals surface area contributed by atoms with Crippen LogP contribution < -0.4 is 5.32 Å². The molecule has 21 heavy (non-hydrogen) atoms. The summed E-state index contributed by atoms with van der Waals surface area (Å²) in [5, 5.41) is 17.1. The molecule has 2 aliphatic carbocycles. The maximum Gasteiger partial charge on any atom is 0.308 e. The molecule has 0 saturated heterocycles. The lowest BCUT2D eigenvalue weighted by molar-refractivity contribution is -0.143. The lowest BCUT2D eigenvalue weighted by atomic mass is 9.84. The second-order valence-electron chi connectivity index (χ2n) is 6.12. The maximum absolute atomic E-state index is 11.6. The summed E-state index contributed by atoms with van der Waals surface area (Å²) in [7, 11) is 0. The van der Waals surface area contributed by atoms with Crippen molar-refractivity contribution in [2.75, 3.05) is 5.32 Å². The fraction of sp³-hybridized carbons (Fsp3) is 0.571. The fourth-order valence-corrected chi connectivity index (χ4v) is 4.06. The normalized spacial score (nSPS) is 30.9. The molecule has 0 radical (unpaired) electrons. The highest BCUT2D eigenvalue weighted by atomic mass is 16.4. The number of hydrogen-bond acceptors (Lipinski definition) is 5. The summed E-state index contributed by atoms with van der Waals surface area (Å²) in [4.78, 5) is 20.0. The number of nitrogens with one attached hydrogen (secondary N) is 1. The summed E-state index contributed by atoms with van der Waals surface area (Å²) in [6.45, 7) is 1.90. The number of aryl methyl sites for hydroxylation is 1. The van der Waals surface area contributed by atoms with E-state index >= 15 is 0 Å². The summed E-state index contributed by atoms with van der Waals surface area (Å²) >= 11 is 0. The van der Waals surface area contributed by atoms with Crippen molar-refractivity contribution in [1.82, 2.24) is 19.6 Å². The van der Waals surface area contributed by atoms with Gasteiger partial charge in [-0.2, -0.15) is 14.6 Å². The van der Waals surface area contributed by atoms with Crippen LogP contribution in [0, 0.1) is 24.7 Å². The van der Waals surface area contributed by atoms with Gasteiger partial charge in [-0.05, 0) is 38.0 Å². The summed E-state index contributed by atoms with van der Waals surface area (Å²) in [5.41, 5.74) is 0.841. The van der Waals surface area contributed by atoms with E-state index in [9.17, 15) is 9.90 Å². The van der Waals surface area contributed by atoms with Gasteiger partial charge in [0.25, 0.3) is 5.78 Å². The van der Waals surface area contributed by atoms with Gasteiger partial charge in [-0.25, -0.2) is 4.98 Å². The Kier molecular flexibility index (Phi) is 2.63. The van der Waals surface area contributed by atoms with Crippen molar-refractivity contribution < 1.29 is 9.90 Å². The standard InChI is InChI=1S/C14H17N5O2/c1-7-4-10(19-14(17-7)15-6-16-19)18-12-9-3-2-8(5-9)11(12)13(20)21/h4,6,8-9,11-12,18H,2-3,5H2,1H3,(H,20,21). The highest BCUT2D eigenvalue weighted by Gasteiger charge is 2.51. The molecule has 2 aromatic rings. The van der Waals surface area contributed by atoms with E-state index in [1.165, 1.54) is 6.33 Å². The smallest absolute Gasteiger partial charge is 0.308 e. The number of nitrogens with zero attached hydrogens (tertiary/aromatic N) is 4. The molecule has 0 spiro atoms. The van der Waals surface area contributed by atoms with Crippen molar-refractivity contribution in [2.24, 2.45) is 17.8 Å². The quantitative estimate of drug-likeness (QED) is 0.885. The van der Waals surface area contributed by atoms with E-state index in [4.69, 9.17) is 0 Å². The molecule has 2 aromatic heterocycles. The van der Waals surface area contributed by atoms with Crippen LogP contribution in [0.2, 0.25) is 0 Å². The van der Waals surface area contributed by atoms with Gasteiger partial charge in [0.15, 0.2) is 0 Å². The molecule has 0 amide bonds. The van der Waals surface area contributed by atoms with Gasteiger partial charge in [0.2, 0.25) is 0 Å². The zero-order chi connectivity index (χ0) is 14.6. The summed E-state index contributed by atoms with van der Waals surface area (Å²) in [5.74, 6) is 1.05. The lowest BCUT2D eigenvalue weighted by Gasteiger charge is -2.29. The molecular formula is C14H17N5O2. The van der Waals surface area contributed by atoms with E-state index in [0.29, 0.717) is 17.6 Å². The summed E-state index contributed by atoms with van der Waals surface area (Å²) < 4.78 is 1.64. The third-order valence-corrected chi connectivity index (χ3v) is 4.90. The van der Waals surface area contributed by atoms with Crippen molar-refractivity contribution in [3.8, 4) is 0 Å². The highest BCUT2D eigenvalue weighted by molar-refractivity contribution is 5.73. The van der Waals surface area contributed by atoms with Crippen molar-refractivity contribution >= 4 is 17.6 Å². The van der Waals surface area contributed by atoms with Crippen molar-refractivity contribution in [1.29, 1.82) is 0 Å². The van der Waals surface area contributed by atoms with Crippen LogP contribution in [0.15, 0.2) is 12.4 Å². The van der Waals surface area contributed by atoms with Gasteiger partial charge in [0, 0.05) is 17.8 Å². The van der Waals surface area contributed by atoms with Gasteiger partial charge in [-0.15, -0.1) is 0 Å². The van der Waals surface area contributed by atoms with E-state index in [-0.39, 0.29) is 12.0 Å². The Morgan fingerprint density at radius 1 is 1.43 bits per heavy atom. The first-order valence-electron chi connectivity index (χ1n) is 7.30. The van der Waals surface area contributed by atoms with Gasteiger partial charge in [-0.3, -0.25) is 4.79 Å². The van der Waals surface area contributed by atoms with Gasteiger partial charge < -0.3 is 10.4 Å². The largest absolute Gasteiger partial charge is 0.481 e. The van der Waals surface area contributed by atoms with E-state index in [1.807, 2.05) is 13.0 Å². The first kappa shape index (κ1) is 12.6. The zero-order valence-electron chi connectivity index (χ0n) is 11.7. The first-order chi connectivity index (χ1) is 10.1. The Bertz CT molecular complexity index is 712. The van der Waals surface area contributed by atoms with Crippen molar-refractivity contribution in [2.45, 2.75) is 32.2 Å². The Hall–Kier alpha value is -2.18. The molecule has 2 heterocycles. The van der Waals surface area contributed by atoms with Crippen LogP contribution in [0.1, 0.15) is 25.0 Å². The Balaban J connectivity index is 1.71. The average Bonchev–Trinajstić information content (AvgIpc) is 3.11. The van der Waals surface area contributed by atoms with Gasteiger partial charge in [-0.1, -0.05) is 0 Å². The predicted octanol–water partition coefficient (Wildman–Crippen LogP) is 1.34. The van der Waals surface area contributed by atoms with Gasteiger partial charge in [0.05, 0.1) is 5.92 Å². The Morgan fingerprint density at radius 2 is 2.24 bits per heavy atom. The second kappa shape index (κ2) is 4.41. The molecule has 7 nitrogen and oxygen atoms in total. The number of fused-ring (bicyclic) bond motifs is 3. The van der Waals surface area contributed by atoms with E-state index in [1.54, 1.807) is 4.52 Å². The molecule has 2 fully saturated rings. The minimum Gasteiger partial charge on any atom is -0.481 e. The molecule has 2 bridgehead atoms. The number of carbonyl (C=O) groups is 1. The average molecular weight is 287 g/mol. The van der Waals surface area contributed by atoms with Gasteiger partial charge >= 0.3 is 5.97 Å². The summed E-state index contributed by atoms with van der Waals surface area (Å²) in [6, 6.07) is 1.86. The minimum atomic E-state index is -0.694.